The molecule has 0 saturated heterocycles. The minimum Gasteiger partial charge on any atom is -0.469 e. The van der Waals surface area contributed by atoms with Crippen molar-refractivity contribution in [2.45, 2.75) is 18.6 Å². The number of aryl methyl sites for hydroxylation is 1. The van der Waals surface area contributed by atoms with Gasteiger partial charge < -0.3 is 9.73 Å². The quantitative estimate of drug-likeness (QED) is 0.397. The van der Waals surface area contributed by atoms with E-state index in [1.807, 2.05) is 60.0 Å². The highest BCUT2D eigenvalue weighted by Gasteiger charge is 2.19. The lowest BCUT2D eigenvalue weighted by atomic mass is 10.2. The topological polar surface area (TPSA) is 72.9 Å². The predicted octanol–water partition coefficient (Wildman–Crippen LogP) is 5.28. The molecule has 2 aromatic carbocycles. The van der Waals surface area contributed by atoms with E-state index < -0.39 is 0 Å². The van der Waals surface area contributed by atoms with Crippen LogP contribution in [0.2, 0.25) is 5.02 Å². The summed E-state index contributed by atoms with van der Waals surface area (Å²) in [5, 5.41) is 12.7. The van der Waals surface area contributed by atoms with Gasteiger partial charge >= 0.3 is 0 Å². The fourth-order valence-corrected chi connectivity index (χ4v) is 3.92. The molecule has 0 aliphatic heterocycles. The normalized spacial score (nSPS) is 10.9. The monoisotopic (exact) mass is 438 g/mol. The van der Waals surface area contributed by atoms with Crippen LogP contribution in [0.4, 0.5) is 5.69 Å². The second kappa shape index (κ2) is 9.19. The number of aromatic nitrogens is 3. The number of thioether (sulfide) groups is 1. The zero-order valence-corrected chi connectivity index (χ0v) is 17.8. The van der Waals surface area contributed by atoms with Gasteiger partial charge in [-0.1, -0.05) is 65.8 Å². The number of benzene rings is 2. The first kappa shape index (κ1) is 20.3. The van der Waals surface area contributed by atoms with E-state index in [9.17, 15) is 4.79 Å². The number of furan rings is 1. The Hall–Kier alpha value is -3.03. The summed E-state index contributed by atoms with van der Waals surface area (Å²) in [6.45, 7) is 2.48. The van der Waals surface area contributed by atoms with E-state index in [1.54, 1.807) is 18.4 Å². The van der Waals surface area contributed by atoms with E-state index in [2.05, 4.69) is 15.5 Å². The molecule has 4 rings (SSSR count). The molecular weight excluding hydrogens is 420 g/mol. The first-order valence-corrected chi connectivity index (χ1v) is 10.7. The first-order valence-electron chi connectivity index (χ1n) is 9.30. The second-order valence-electron chi connectivity index (χ2n) is 6.59. The number of carbonyl (C=O) groups is 1. The minimum atomic E-state index is -0.164. The average molecular weight is 439 g/mol. The molecular formula is C22H19ClN4O2S. The number of nitrogens with zero attached hydrogens (tertiary/aromatic N) is 3. The number of halogens is 1. The molecule has 1 N–H and O–H groups in total. The van der Waals surface area contributed by atoms with Crippen molar-refractivity contribution in [2.24, 2.45) is 0 Å². The van der Waals surface area contributed by atoms with Crippen LogP contribution >= 0.6 is 23.4 Å². The van der Waals surface area contributed by atoms with Crippen LogP contribution in [0.5, 0.6) is 0 Å². The van der Waals surface area contributed by atoms with Crippen LogP contribution in [0, 0.1) is 6.92 Å². The standard InChI is InChI=1S/C22H19ClN4O2S/c1-15-17(11-12-29-15)21-25-26-22(27(21)13-16-7-3-2-4-8-16)30-14-20(28)24-19-10-6-5-9-18(19)23/h2-12H,13-14H2,1H3,(H,24,28). The third-order valence-electron chi connectivity index (χ3n) is 4.48. The highest BCUT2D eigenvalue weighted by Crippen LogP contribution is 2.28. The summed E-state index contributed by atoms with van der Waals surface area (Å²) in [5.41, 5.74) is 2.58. The summed E-state index contributed by atoms with van der Waals surface area (Å²) in [6.07, 6.45) is 1.63. The van der Waals surface area contributed by atoms with Crippen LogP contribution in [-0.2, 0) is 11.3 Å². The van der Waals surface area contributed by atoms with Gasteiger partial charge in [0.15, 0.2) is 11.0 Å². The molecule has 2 aromatic heterocycles. The number of para-hydroxylation sites is 1. The van der Waals surface area contributed by atoms with Gasteiger partial charge in [-0.25, -0.2) is 0 Å². The predicted molar refractivity (Wildman–Crippen MR) is 119 cm³/mol. The Morgan fingerprint density at radius 3 is 2.60 bits per heavy atom. The van der Waals surface area contributed by atoms with E-state index in [1.165, 1.54) is 11.8 Å². The van der Waals surface area contributed by atoms with Crippen LogP contribution < -0.4 is 5.32 Å². The lowest BCUT2D eigenvalue weighted by Gasteiger charge is -2.10. The summed E-state index contributed by atoms with van der Waals surface area (Å²) >= 11 is 7.45. The zero-order chi connectivity index (χ0) is 20.9. The molecule has 0 fully saturated rings. The molecule has 0 spiro atoms. The first-order chi connectivity index (χ1) is 14.6. The summed E-state index contributed by atoms with van der Waals surface area (Å²) in [4.78, 5) is 12.4. The van der Waals surface area contributed by atoms with Crippen molar-refractivity contribution in [1.82, 2.24) is 14.8 Å². The van der Waals surface area contributed by atoms with Crippen LogP contribution in [0.15, 0.2) is 76.5 Å². The van der Waals surface area contributed by atoms with Gasteiger partial charge in [0.2, 0.25) is 5.91 Å². The number of hydrogen-bond acceptors (Lipinski definition) is 5. The summed E-state index contributed by atoms with van der Waals surface area (Å²) in [7, 11) is 0. The molecule has 0 radical (unpaired) electrons. The number of carbonyl (C=O) groups excluding carboxylic acids is 1. The third kappa shape index (κ3) is 4.58. The molecule has 0 unspecified atom stereocenters. The van der Waals surface area contributed by atoms with Crippen molar-refractivity contribution >= 4 is 35.0 Å². The van der Waals surface area contributed by atoms with Gasteiger partial charge in [0.1, 0.15) is 5.76 Å². The summed E-state index contributed by atoms with van der Waals surface area (Å²) in [6, 6.07) is 19.1. The average Bonchev–Trinajstić information content (AvgIpc) is 3.34. The lowest BCUT2D eigenvalue weighted by Crippen LogP contribution is -2.15. The molecule has 152 valence electrons. The molecule has 0 atom stereocenters. The van der Waals surface area contributed by atoms with E-state index in [-0.39, 0.29) is 11.7 Å². The highest BCUT2D eigenvalue weighted by atomic mass is 35.5. The molecule has 0 saturated carbocycles. The molecule has 30 heavy (non-hydrogen) atoms. The number of hydrogen-bond donors (Lipinski definition) is 1. The molecule has 0 bridgehead atoms. The van der Waals surface area contributed by atoms with Crippen LogP contribution in [-0.4, -0.2) is 26.4 Å². The largest absolute Gasteiger partial charge is 0.469 e. The maximum atomic E-state index is 12.4. The van der Waals surface area contributed by atoms with Gasteiger partial charge in [-0.2, -0.15) is 0 Å². The zero-order valence-electron chi connectivity index (χ0n) is 16.2. The molecule has 2 heterocycles. The summed E-state index contributed by atoms with van der Waals surface area (Å²) in [5.74, 6) is 1.50. The Morgan fingerprint density at radius 1 is 1.10 bits per heavy atom. The number of anilines is 1. The van der Waals surface area contributed by atoms with Crippen molar-refractivity contribution in [1.29, 1.82) is 0 Å². The summed E-state index contributed by atoms with van der Waals surface area (Å²) < 4.78 is 7.45. The number of amides is 1. The maximum absolute atomic E-state index is 12.4. The van der Waals surface area contributed by atoms with Gasteiger partial charge in [-0.05, 0) is 30.7 Å². The Balaban J connectivity index is 1.55. The van der Waals surface area contributed by atoms with Crippen molar-refractivity contribution < 1.29 is 9.21 Å². The van der Waals surface area contributed by atoms with E-state index in [0.717, 1.165) is 16.9 Å². The van der Waals surface area contributed by atoms with Crippen molar-refractivity contribution in [2.75, 3.05) is 11.1 Å². The van der Waals surface area contributed by atoms with Crippen LogP contribution in [0.3, 0.4) is 0 Å². The second-order valence-corrected chi connectivity index (χ2v) is 7.93. The Bertz CT molecular complexity index is 1160. The highest BCUT2D eigenvalue weighted by molar-refractivity contribution is 7.99. The Labute approximate surface area is 183 Å². The molecule has 6 nitrogen and oxygen atoms in total. The van der Waals surface area contributed by atoms with E-state index in [0.29, 0.717) is 28.2 Å². The molecule has 0 aliphatic carbocycles. The SMILES string of the molecule is Cc1occc1-c1nnc(SCC(=O)Nc2ccccc2Cl)n1Cc1ccccc1. The van der Waals surface area contributed by atoms with Gasteiger partial charge in [0.25, 0.3) is 0 Å². The van der Waals surface area contributed by atoms with Gasteiger partial charge in [-0.3, -0.25) is 9.36 Å². The van der Waals surface area contributed by atoms with Crippen LogP contribution in [0.1, 0.15) is 11.3 Å². The Morgan fingerprint density at radius 2 is 1.87 bits per heavy atom. The van der Waals surface area contributed by atoms with Crippen molar-refractivity contribution in [3.8, 4) is 11.4 Å². The molecule has 4 aromatic rings. The fraction of sp³-hybridized carbons (Fsp3) is 0.136. The molecule has 1 amide bonds. The van der Waals surface area contributed by atoms with Crippen molar-refractivity contribution in [3.63, 3.8) is 0 Å². The van der Waals surface area contributed by atoms with E-state index >= 15 is 0 Å². The van der Waals surface area contributed by atoms with Gasteiger partial charge in [0.05, 0.1) is 34.8 Å². The smallest absolute Gasteiger partial charge is 0.234 e. The molecule has 8 heteroatoms. The fourth-order valence-electron chi connectivity index (χ4n) is 3.00. The number of rotatable bonds is 7. The van der Waals surface area contributed by atoms with Crippen molar-refractivity contribution in [3.05, 3.63) is 83.3 Å². The molecule has 0 aliphatic rings. The van der Waals surface area contributed by atoms with Gasteiger partial charge in [-0.15, -0.1) is 10.2 Å². The van der Waals surface area contributed by atoms with E-state index in [4.69, 9.17) is 16.0 Å². The lowest BCUT2D eigenvalue weighted by molar-refractivity contribution is -0.113. The Kier molecular flexibility index (Phi) is 6.21. The number of nitrogens with one attached hydrogen (secondary N) is 1. The van der Waals surface area contributed by atoms with Crippen LogP contribution in [0.25, 0.3) is 11.4 Å². The van der Waals surface area contributed by atoms with Gasteiger partial charge in [0, 0.05) is 0 Å². The maximum Gasteiger partial charge on any atom is 0.234 e. The third-order valence-corrected chi connectivity index (χ3v) is 5.78. The minimum absolute atomic E-state index is 0.164.